The van der Waals surface area contributed by atoms with Gasteiger partial charge < -0.3 is 0 Å². The van der Waals surface area contributed by atoms with Crippen LogP contribution in [0.15, 0.2) is 30.3 Å². The summed E-state index contributed by atoms with van der Waals surface area (Å²) in [5.41, 5.74) is 0.301. The van der Waals surface area contributed by atoms with E-state index in [9.17, 15) is 10.1 Å². The van der Waals surface area contributed by atoms with Gasteiger partial charge in [0.1, 0.15) is 0 Å². The Morgan fingerprint density at radius 2 is 2.00 bits per heavy atom. The summed E-state index contributed by atoms with van der Waals surface area (Å²) < 4.78 is 11.8. The number of nitrogens with one attached hydrogen (secondary N) is 1. The van der Waals surface area contributed by atoms with Crippen molar-refractivity contribution in [1.29, 1.82) is 5.26 Å². The van der Waals surface area contributed by atoms with Crippen molar-refractivity contribution in [3.05, 3.63) is 35.9 Å². The molecule has 0 spiro atoms. The number of nitriles is 1. The minimum atomic E-state index is -0.248. The van der Waals surface area contributed by atoms with Crippen molar-refractivity contribution in [2.24, 2.45) is 0 Å². The molecule has 122 valence electrons. The first-order valence-electron chi connectivity index (χ1n) is 7.36. The number of carbonyl (C=O) groups excluding carboxylic acids is 1. The van der Waals surface area contributed by atoms with Crippen molar-refractivity contribution in [2.45, 2.75) is 20.3 Å². The third kappa shape index (κ3) is 4.74. The van der Waals surface area contributed by atoms with Crippen LogP contribution in [0, 0.1) is 11.3 Å². The fraction of sp³-hybridized carbons (Fsp3) is 0.235. The maximum atomic E-state index is 11.2. The number of benzene rings is 1. The average Bonchev–Trinajstić information content (AvgIpc) is 2.53. The molecule has 1 aromatic heterocycles. The molecule has 0 saturated heterocycles. The van der Waals surface area contributed by atoms with Crippen LogP contribution in [-0.4, -0.2) is 34.4 Å². The number of anilines is 1. The molecule has 2 radical (unpaired) electrons. The SMILES string of the molecule is CCCOc1ccc(Oc2nc(NC(C)=O)cc([As])c2C#N)cc1. The Bertz CT molecular complexity index is 770. The summed E-state index contributed by atoms with van der Waals surface area (Å²) in [7, 11) is 0. The molecule has 0 saturated carbocycles. The van der Waals surface area contributed by atoms with Gasteiger partial charge in [0, 0.05) is 0 Å². The number of hydrogen-bond donors (Lipinski definition) is 1. The Kier molecular flexibility index (Phi) is 6.22. The maximum absolute atomic E-state index is 11.2. The van der Waals surface area contributed by atoms with Crippen LogP contribution in [0.4, 0.5) is 5.82 Å². The first kappa shape index (κ1) is 17.8. The van der Waals surface area contributed by atoms with Crippen LogP contribution < -0.4 is 19.1 Å². The average molecular weight is 385 g/mol. The summed E-state index contributed by atoms with van der Waals surface area (Å²) in [6.07, 6.45) is 0.932. The molecule has 24 heavy (non-hydrogen) atoms. The number of rotatable bonds is 6. The predicted octanol–water partition coefficient (Wildman–Crippen LogP) is 2.29. The van der Waals surface area contributed by atoms with E-state index in [1.54, 1.807) is 30.3 Å². The molecule has 1 heterocycles. The number of amides is 1. The van der Waals surface area contributed by atoms with E-state index >= 15 is 0 Å². The monoisotopic (exact) mass is 385 g/mol. The van der Waals surface area contributed by atoms with Gasteiger partial charge in [-0.05, 0) is 0 Å². The van der Waals surface area contributed by atoms with E-state index in [-0.39, 0.29) is 11.8 Å². The van der Waals surface area contributed by atoms with Gasteiger partial charge in [0.25, 0.3) is 0 Å². The second-order valence-corrected chi connectivity index (χ2v) is 5.93. The zero-order valence-corrected chi connectivity index (χ0v) is 15.2. The van der Waals surface area contributed by atoms with Gasteiger partial charge in [-0.3, -0.25) is 0 Å². The third-order valence-corrected chi connectivity index (χ3v) is 3.63. The number of carbonyl (C=O) groups is 1. The quantitative estimate of drug-likeness (QED) is 0.772. The van der Waals surface area contributed by atoms with Crippen molar-refractivity contribution in [1.82, 2.24) is 4.98 Å². The van der Waals surface area contributed by atoms with E-state index in [0.29, 0.717) is 28.1 Å². The topological polar surface area (TPSA) is 84.2 Å². The van der Waals surface area contributed by atoms with Gasteiger partial charge >= 0.3 is 149 Å². The molecule has 0 fully saturated rings. The molecule has 0 aliphatic carbocycles. The van der Waals surface area contributed by atoms with Gasteiger partial charge in [0.2, 0.25) is 0 Å². The van der Waals surface area contributed by atoms with Crippen LogP contribution in [0.2, 0.25) is 0 Å². The summed E-state index contributed by atoms with van der Waals surface area (Å²) in [6.45, 7) is 4.07. The summed E-state index contributed by atoms with van der Waals surface area (Å²) in [4.78, 5) is 15.4. The first-order valence-corrected chi connectivity index (χ1v) is 8.29. The molecule has 1 aromatic carbocycles. The van der Waals surface area contributed by atoms with E-state index in [0.717, 1.165) is 12.2 Å². The molecule has 0 aliphatic heterocycles. The van der Waals surface area contributed by atoms with Crippen molar-refractivity contribution in [2.75, 3.05) is 11.9 Å². The standard InChI is InChI=1S/C17H16AsN3O3/c1-3-8-23-12-4-6-13(7-5-12)24-17-14(10-19)15(18)9-16(21-17)20-11(2)22/h4-7,9H,3,8H2,1-2H3,(H,20,21,22). The minimum absolute atomic E-state index is 0.140. The van der Waals surface area contributed by atoms with E-state index in [1.165, 1.54) is 6.92 Å². The van der Waals surface area contributed by atoms with Gasteiger partial charge in [-0.15, -0.1) is 0 Å². The molecule has 7 heteroatoms. The molecule has 0 aliphatic rings. The van der Waals surface area contributed by atoms with Crippen molar-refractivity contribution in [3.8, 4) is 23.4 Å². The van der Waals surface area contributed by atoms with Crippen LogP contribution >= 0.6 is 0 Å². The Morgan fingerprint density at radius 3 is 2.58 bits per heavy atom. The van der Waals surface area contributed by atoms with Crippen molar-refractivity contribution >= 4 is 32.9 Å². The summed E-state index contributed by atoms with van der Waals surface area (Å²) in [5.74, 6) is 1.49. The Hall–Kier alpha value is -2.51. The van der Waals surface area contributed by atoms with Crippen LogP contribution in [0.5, 0.6) is 17.4 Å². The number of hydrogen-bond acceptors (Lipinski definition) is 5. The molecule has 0 atom stereocenters. The first-order chi connectivity index (χ1) is 11.5. The van der Waals surface area contributed by atoms with E-state index < -0.39 is 0 Å². The second-order valence-electron chi connectivity index (χ2n) is 4.92. The normalized spacial score (nSPS) is 9.92. The Balaban J connectivity index is 2.25. The predicted molar refractivity (Wildman–Crippen MR) is 90.9 cm³/mol. The summed E-state index contributed by atoms with van der Waals surface area (Å²) in [6, 6.07) is 10.7. The molecule has 1 amide bonds. The molecule has 6 nitrogen and oxygen atoms in total. The second kappa shape index (κ2) is 8.37. The molecule has 2 rings (SSSR count). The van der Waals surface area contributed by atoms with E-state index in [4.69, 9.17) is 9.47 Å². The van der Waals surface area contributed by atoms with Crippen LogP contribution in [0.25, 0.3) is 0 Å². The fourth-order valence-electron chi connectivity index (χ4n) is 1.87. The van der Waals surface area contributed by atoms with Crippen LogP contribution in [0.1, 0.15) is 25.8 Å². The van der Waals surface area contributed by atoms with Crippen molar-refractivity contribution < 1.29 is 14.3 Å². The molecule has 0 unspecified atom stereocenters. The Morgan fingerprint density at radius 1 is 1.33 bits per heavy atom. The molecular formula is C17H16AsN3O3. The summed E-state index contributed by atoms with van der Waals surface area (Å²) >= 11 is 2.27. The number of ether oxygens (including phenoxy) is 2. The third-order valence-electron chi connectivity index (χ3n) is 2.89. The summed E-state index contributed by atoms with van der Waals surface area (Å²) in [5, 5.41) is 11.9. The number of pyridine rings is 1. The van der Waals surface area contributed by atoms with E-state index in [1.807, 2.05) is 6.92 Å². The molecule has 1 N–H and O–H groups in total. The van der Waals surface area contributed by atoms with E-state index in [2.05, 4.69) is 33.2 Å². The number of aromatic nitrogens is 1. The zero-order valence-electron chi connectivity index (χ0n) is 13.4. The van der Waals surface area contributed by atoms with Gasteiger partial charge in [0.15, 0.2) is 0 Å². The Labute approximate surface area is 149 Å². The van der Waals surface area contributed by atoms with Gasteiger partial charge in [-0.25, -0.2) is 0 Å². The van der Waals surface area contributed by atoms with Crippen LogP contribution in [0.3, 0.4) is 0 Å². The van der Waals surface area contributed by atoms with Crippen LogP contribution in [-0.2, 0) is 4.79 Å². The number of nitrogens with zero attached hydrogens (tertiary/aromatic N) is 2. The van der Waals surface area contributed by atoms with Gasteiger partial charge in [-0.1, -0.05) is 0 Å². The molecular weight excluding hydrogens is 369 g/mol. The molecule has 0 bridgehead atoms. The van der Waals surface area contributed by atoms with Crippen molar-refractivity contribution in [3.63, 3.8) is 0 Å². The zero-order chi connectivity index (χ0) is 17.5. The van der Waals surface area contributed by atoms with Gasteiger partial charge in [0.05, 0.1) is 0 Å². The van der Waals surface area contributed by atoms with Gasteiger partial charge in [-0.2, -0.15) is 0 Å². The molecule has 2 aromatic rings. The fourth-order valence-corrected chi connectivity index (χ4v) is 2.43.